The van der Waals surface area contributed by atoms with Crippen LogP contribution in [0.2, 0.25) is 0 Å². The molecule has 0 aromatic heterocycles. The summed E-state index contributed by atoms with van der Waals surface area (Å²) in [4.78, 5) is 7.14. The summed E-state index contributed by atoms with van der Waals surface area (Å²) < 4.78 is 5.54. The van der Waals surface area contributed by atoms with Gasteiger partial charge in [-0.1, -0.05) is 12.1 Å². The molecule has 0 amide bonds. The molecule has 1 aromatic rings. The third-order valence-corrected chi connectivity index (χ3v) is 4.57. The molecule has 1 atom stereocenters. The van der Waals surface area contributed by atoms with Crippen LogP contribution in [0.3, 0.4) is 0 Å². The first kappa shape index (κ1) is 24.8. The number of aliphatic imine (C=N–C) groups is 1. The molecule has 0 spiro atoms. The molecule has 28 heavy (non-hydrogen) atoms. The van der Waals surface area contributed by atoms with Crippen LogP contribution >= 0.6 is 24.0 Å². The highest BCUT2D eigenvalue weighted by Gasteiger charge is 2.22. The summed E-state index contributed by atoms with van der Waals surface area (Å²) >= 11 is 0. The molecule has 1 aromatic carbocycles. The fourth-order valence-electron chi connectivity index (χ4n) is 3.32. The lowest BCUT2D eigenvalue weighted by Gasteiger charge is -2.36. The molecule has 2 rings (SSSR count). The fraction of sp³-hybridized carbons (Fsp3) is 0.667. The number of halogens is 1. The normalized spacial score (nSPS) is 17.7. The number of hydrogen-bond acceptors (Lipinski definition) is 4. The van der Waals surface area contributed by atoms with E-state index in [1.165, 1.54) is 5.69 Å². The molecule has 3 N–H and O–H groups in total. The van der Waals surface area contributed by atoms with Crippen LogP contribution in [0.4, 0.5) is 5.69 Å². The summed E-state index contributed by atoms with van der Waals surface area (Å²) in [6.07, 6.45) is 2.30. The van der Waals surface area contributed by atoms with E-state index in [2.05, 4.69) is 60.7 Å². The van der Waals surface area contributed by atoms with Gasteiger partial charge in [-0.3, -0.25) is 4.99 Å². The molecule has 0 aliphatic carbocycles. The van der Waals surface area contributed by atoms with Gasteiger partial charge in [0, 0.05) is 37.8 Å². The Kier molecular flexibility index (Phi) is 11.0. The highest BCUT2D eigenvalue weighted by atomic mass is 127. The van der Waals surface area contributed by atoms with Crippen LogP contribution in [0.15, 0.2) is 29.3 Å². The number of rotatable bonds is 7. The number of hydrogen-bond donors (Lipinski definition) is 3. The number of para-hydroxylation sites is 2. The Morgan fingerprint density at radius 3 is 2.71 bits per heavy atom. The number of benzene rings is 1. The molecular weight excluding hydrogens is 465 g/mol. The van der Waals surface area contributed by atoms with Crippen LogP contribution in [0, 0.1) is 0 Å². The van der Waals surface area contributed by atoms with Gasteiger partial charge in [-0.25, -0.2) is 0 Å². The number of piperidine rings is 1. The lowest BCUT2D eigenvalue weighted by atomic mass is 10.0. The molecule has 0 bridgehead atoms. The highest BCUT2D eigenvalue weighted by Crippen LogP contribution is 2.29. The van der Waals surface area contributed by atoms with Crippen molar-refractivity contribution >= 4 is 35.6 Å². The van der Waals surface area contributed by atoms with Gasteiger partial charge in [-0.2, -0.15) is 0 Å². The smallest absolute Gasteiger partial charge is 0.191 e. The van der Waals surface area contributed by atoms with Crippen LogP contribution in [0.5, 0.6) is 5.75 Å². The minimum absolute atomic E-state index is 0. The third-order valence-electron chi connectivity index (χ3n) is 4.57. The van der Waals surface area contributed by atoms with E-state index in [0.29, 0.717) is 6.04 Å². The summed E-state index contributed by atoms with van der Waals surface area (Å²) in [5.41, 5.74) is 1.29. The largest absolute Gasteiger partial charge is 0.495 e. The molecule has 1 fully saturated rings. The van der Waals surface area contributed by atoms with Gasteiger partial charge in [0.05, 0.1) is 19.3 Å². The molecule has 0 radical (unpaired) electrons. The molecule has 1 aliphatic heterocycles. The second kappa shape index (κ2) is 12.4. The average molecular weight is 503 g/mol. The van der Waals surface area contributed by atoms with Gasteiger partial charge in [0.1, 0.15) is 5.75 Å². The van der Waals surface area contributed by atoms with Gasteiger partial charge in [0.25, 0.3) is 0 Å². The maximum Gasteiger partial charge on any atom is 0.191 e. The van der Waals surface area contributed by atoms with Gasteiger partial charge < -0.3 is 25.6 Å². The first-order valence-electron chi connectivity index (χ1n) is 10.1. The third kappa shape index (κ3) is 8.43. The van der Waals surface area contributed by atoms with E-state index in [1.807, 2.05) is 12.1 Å². The quantitative estimate of drug-likeness (QED) is 0.231. The Labute approximate surface area is 187 Å². The minimum Gasteiger partial charge on any atom is -0.495 e. The number of nitrogens with one attached hydrogen (secondary N) is 3. The molecule has 7 heteroatoms. The van der Waals surface area contributed by atoms with Crippen molar-refractivity contribution in [1.82, 2.24) is 16.0 Å². The van der Waals surface area contributed by atoms with Crippen LogP contribution in [-0.4, -0.2) is 57.4 Å². The van der Waals surface area contributed by atoms with Gasteiger partial charge in [-0.05, 0) is 52.7 Å². The maximum atomic E-state index is 5.54. The van der Waals surface area contributed by atoms with Gasteiger partial charge in [-0.15, -0.1) is 24.0 Å². The minimum atomic E-state index is 0. The zero-order valence-electron chi connectivity index (χ0n) is 18.0. The van der Waals surface area contributed by atoms with E-state index in [4.69, 9.17) is 9.73 Å². The molecular formula is C21H38IN5O. The molecule has 0 saturated carbocycles. The Hall–Kier alpha value is -1.22. The first-order chi connectivity index (χ1) is 12.9. The number of guanidine groups is 1. The lowest BCUT2D eigenvalue weighted by molar-refractivity contribution is 0.408. The van der Waals surface area contributed by atoms with Crippen molar-refractivity contribution in [3.05, 3.63) is 24.3 Å². The topological polar surface area (TPSA) is 60.9 Å². The van der Waals surface area contributed by atoms with Crippen molar-refractivity contribution in [2.24, 2.45) is 4.99 Å². The predicted octanol–water partition coefficient (Wildman–Crippen LogP) is 3.23. The Balaban J connectivity index is 0.00000392. The predicted molar refractivity (Wildman–Crippen MR) is 131 cm³/mol. The zero-order chi connectivity index (χ0) is 19.7. The van der Waals surface area contributed by atoms with Gasteiger partial charge >= 0.3 is 0 Å². The molecule has 160 valence electrons. The number of anilines is 1. The van der Waals surface area contributed by atoms with Crippen LogP contribution < -0.4 is 25.6 Å². The SMILES string of the molecule is CCNC(=NCCNC(C)(C)C)NC1CCCN(c2ccccc2OC)C1.I. The summed E-state index contributed by atoms with van der Waals surface area (Å²) in [7, 11) is 1.74. The van der Waals surface area contributed by atoms with E-state index in [0.717, 1.165) is 57.3 Å². The zero-order valence-corrected chi connectivity index (χ0v) is 20.4. The van der Waals surface area contributed by atoms with Crippen molar-refractivity contribution in [2.45, 2.75) is 52.1 Å². The van der Waals surface area contributed by atoms with Crippen molar-refractivity contribution in [3.63, 3.8) is 0 Å². The average Bonchev–Trinajstić information content (AvgIpc) is 2.65. The summed E-state index contributed by atoms with van der Waals surface area (Å²) in [6, 6.07) is 8.63. The van der Waals surface area contributed by atoms with Gasteiger partial charge in [0.15, 0.2) is 5.96 Å². The van der Waals surface area contributed by atoms with E-state index in [9.17, 15) is 0 Å². The monoisotopic (exact) mass is 503 g/mol. The van der Waals surface area contributed by atoms with Crippen molar-refractivity contribution in [1.29, 1.82) is 0 Å². The summed E-state index contributed by atoms with van der Waals surface area (Å²) in [6.45, 7) is 13.1. The second-order valence-electron chi connectivity index (χ2n) is 8.04. The molecule has 1 aliphatic rings. The lowest BCUT2D eigenvalue weighted by Crippen LogP contribution is -2.51. The summed E-state index contributed by atoms with van der Waals surface area (Å²) in [5.74, 6) is 1.84. The van der Waals surface area contributed by atoms with E-state index in [-0.39, 0.29) is 29.5 Å². The van der Waals surface area contributed by atoms with Crippen LogP contribution in [0.1, 0.15) is 40.5 Å². The number of ether oxygens (including phenoxy) is 1. The van der Waals surface area contributed by atoms with Crippen molar-refractivity contribution in [3.8, 4) is 5.75 Å². The van der Waals surface area contributed by atoms with Crippen molar-refractivity contribution < 1.29 is 4.74 Å². The number of nitrogens with zero attached hydrogens (tertiary/aromatic N) is 2. The molecule has 1 unspecified atom stereocenters. The Bertz CT molecular complexity index is 603. The standard InChI is InChI=1S/C21H37N5O.HI/c1-6-22-20(23-13-14-24-21(2,3)4)25-17-10-9-15-26(16-17)18-11-7-8-12-19(18)27-5;/h7-8,11-12,17,24H,6,9-10,13-16H2,1-5H3,(H2,22,23,25);1H. The highest BCUT2D eigenvalue weighted by molar-refractivity contribution is 14.0. The Morgan fingerprint density at radius 1 is 1.29 bits per heavy atom. The van der Waals surface area contributed by atoms with Gasteiger partial charge in [0.2, 0.25) is 0 Å². The first-order valence-corrected chi connectivity index (χ1v) is 10.1. The van der Waals surface area contributed by atoms with E-state index >= 15 is 0 Å². The maximum absolute atomic E-state index is 5.54. The second-order valence-corrected chi connectivity index (χ2v) is 8.04. The van der Waals surface area contributed by atoms with Crippen molar-refractivity contribution in [2.75, 3.05) is 44.7 Å². The fourth-order valence-corrected chi connectivity index (χ4v) is 3.32. The van der Waals surface area contributed by atoms with E-state index < -0.39 is 0 Å². The van der Waals surface area contributed by atoms with Crippen LogP contribution in [0.25, 0.3) is 0 Å². The molecule has 6 nitrogen and oxygen atoms in total. The molecule has 1 saturated heterocycles. The summed E-state index contributed by atoms with van der Waals surface area (Å²) in [5, 5.41) is 10.5. The Morgan fingerprint density at radius 2 is 2.04 bits per heavy atom. The molecule has 1 heterocycles. The van der Waals surface area contributed by atoms with Crippen LogP contribution in [-0.2, 0) is 0 Å². The van der Waals surface area contributed by atoms with E-state index in [1.54, 1.807) is 7.11 Å². The number of methoxy groups -OCH3 is 1.